The van der Waals surface area contributed by atoms with Gasteiger partial charge in [0.05, 0.1) is 23.4 Å². The van der Waals surface area contributed by atoms with E-state index in [4.69, 9.17) is 4.74 Å². The zero-order chi connectivity index (χ0) is 10.5. The van der Waals surface area contributed by atoms with Crippen LogP contribution in [0.25, 0.3) is 0 Å². The molecular weight excluding hydrogens is 208 g/mol. The second kappa shape index (κ2) is 5.58. The first-order valence-electron chi connectivity index (χ1n) is 5.58. The molecule has 1 aliphatic rings. The van der Waals surface area contributed by atoms with Crippen molar-refractivity contribution in [2.24, 2.45) is 0 Å². The predicted octanol–water partition coefficient (Wildman–Crippen LogP) is 1.84. The molecular formula is C11H18N2OS. The van der Waals surface area contributed by atoms with Gasteiger partial charge in [0.15, 0.2) is 0 Å². The van der Waals surface area contributed by atoms with Gasteiger partial charge in [0.1, 0.15) is 0 Å². The highest BCUT2D eigenvalue weighted by Gasteiger charge is 2.20. The lowest BCUT2D eigenvalue weighted by Gasteiger charge is -2.11. The molecule has 1 aromatic heterocycles. The molecule has 1 fully saturated rings. The highest BCUT2D eigenvalue weighted by molar-refractivity contribution is 7.07. The van der Waals surface area contributed by atoms with Gasteiger partial charge in [-0.2, -0.15) is 0 Å². The number of rotatable bonds is 5. The molecule has 4 heteroatoms. The van der Waals surface area contributed by atoms with E-state index < -0.39 is 0 Å². The van der Waals surface area contributed by atoms with Crippen LogP contribution in [0.15, 0.2) is 10.9 Å². The molecule has 0 saturated carbocycles. The Bertz CT molecular complexity index is 276. The van der Waals surface area contributed by atoms with Crippen molar-refractivity contribution >= 4 is 11.3 Å². The van der Waals surface area contributed by atoms with E-state index in [0.717, 1.165) is 19.5 Å². The summed E-state index contributed by atoms with van der Waals surface area (Å²) < 4.78 is 5.72. The van der Waals surface area contributed by atoms with E-state index >= 15 is 0 Å². The zero-order valence-electron chi connectivity index (χ0n) is 9.11. The fourth-order valence-corrected chi connectivity index (χ4v) is 2.47. The summed E-state index contributed by atoms with van der Waals surface area (Å²) in [5, 5.41) is 5.53. The maximum Gasteiger partial charge on any atom is 0.0794 e. The van der Waals surface area contributed by atoms with E-state index in [-0.39, 0.29) is 0 Å². The summed E-state index contributed by atoms with van der Waals surface area (Å²) in [6, 6.07) is 0. The van der Waals surface area contributed by atoms with Gasteiger partial charge in [0, 0.05) is 24.9 Å². The summed E-state index contributed by atoms with van der Waals surface area (Å²) in [6.07, 6.45) is 4.31. The lowest BCUT2D eigenvalue weighted by Crippen LogP contribution is -2.28. The molecule has 0 amide bonds. The van der Waals surface area contributed by atoms with Crippen molar-refractivity contribution in [3.05, 3.63) is 16.6 Å². The van der Waals surface area contributed by atoms with E-state index in [2.05, 4.69) is 22.6 Å². The predicted molar refractivity (Wildman–Crippen MR) is 62.3 cm³/mol. The Kier molecular flexibility index (Phi) is 4.11. The summed E-state index contributed by atoms with van der Waals surface area (Å²) in [5.41, 5.74) is 3.07. The number of hydrogen-bond donors (Lipinski definition) is 1. The van der Waals surface area contributed by atoms with Gasteiger partial charge in [0.2, 0.25) is 0 Å². The summed E-state index contributed by atoms with van der Waals surface area (Å²) >= 11 is 1.66. The average molecular weight is 226 g/mol. The van der Waals surface area contributed by atoms with Gasteiger partial charge in [-0.1, -0.05) is 0 Å². The van der Waals surface area contributed by atoms with Gasteiger partial charge in [-0.05, 0) is 19.8 Å². The van der Waals surface area contributed by atoms with Crippen LogP contribution in [-0.4, -0.2) is 30.3 Å². The Balaban J connectivity index is 1.55. The van der Waals surface area contributed by atoms with Crippen LogP contribution in [0.3, 0.4) is 0 Å². The first-order valence-corrected chi connectivity index (χ1v) is 6.52. The lowest BCUT2D eigenvalue weighted by atomic mass is 10.2. The van der Waals surface area contributed by atoms with Crippen molar-refractivity contribution in [1.29, 1.82) is 0 Å². The van der Waals surface area contributed by atoms with Crippen LogP contribution in [-0.2, 0) is 11.2 Å². The van der Waals surface area contributed by atoms with E-state index in [1.54, 1.807) is 11.3 Å². The van der Waals surface area contributed by atoms with Gasteiger partial charge in [-0.15, -0.1) is 11.3 Å². The Labute approximate surface area is 94.9 Å². The summed E-state index contributed by atoms with van der Waals surface area (Å²) in [5.74, 6) is 0. The molecule has 0 bridgehead atoms. The van der Waals surface area contributed by atoms with Crippen LogP contribution in [0.1, 0.15) is 25.5 Å². The molecule has 1 saturated heterocycles. The third kappa shape index (κ3) is 3.55. The van der Waals surface area contributed by atoms with Gasteiger partial charge in [-0.25, -0.2) is 4.98 Å². The summed E-state index contributed by atoms with van der Waals surface area (Å²) in [7, 11) is 0. The minimum Gasteiger partial charge on any atom is -0.374 e. The molecule has 15 heavy (non-hydrogen) atoms. The minimum absolute atomic E-state index is 0.426. The molecule has 0 radical (unpaired) electrons. The van der Waals surface area contributed by atoms with E-state index in [1.807, 2.05) is 5.51 Å². The Morgan fingerprint density at radius 2 is 2.53 bits per heavy atom. The maximum absolute atomic E-state index is 5.72. The number of ether oxygens (including phenoxy) is 1. The van der Waals surface area contributed by atoms with Gasteiger partial charge in [0.25, 0.3) is 0 Å². The number of hydrogen-bond acceptors (Lipinski definition) is 4. The molecule has 1 aliphatic heterocycles. The van der Waals surface area contributed by atoms with Crippen molar-refractivity contribution in [3.63, 3.8) is 0 Å². The molecule has 2 heterocycles. The van der Waals surface area contributed by atoms with E-state index in [1.165, 1.54) is 18.5 Å². The summed E-state index contributed by atoms with van der Waals surface area (Å²) in [6.45, 7) is 4.13. The van der Waals surface area contributed by atoms with Crippen molar-refractivity contribution in [2.45, 2.75) is 38.4 Å². The van der Waals surface area contributed by atoms with Gasteiger partial charge >= 0.3 is 0 Å². The smallest absolute Gasteiger partial charge is 0.0794 e. The van der Waals surface area contributed by atoms with Crippen LogP contribution < -0.4 is 5.32 Å². The van der Waals surface area contributed by atoms with Crippen molar-refractivity contribution in [3.8, 4) is 0 Å². The first kappa shape index (κ1) is 11.0. The van der Waals surface area contributed by atoms with Crippen LogP contribution in [0.2, 0.25) is 0 Å². The second-order valence-electron chi connectivity index (χ2n) is 4.08. The van der Waals surface area contributed by atoms with Crippen molar-refractivity contribution < 1.29 is 4.74 Å². The lowest BCUT2D eigenvalue weighted by molar-refractivity contribution is 0.0562. The van der Waals surface area contributed by atoms with E-state index in [0.29, 0.717) is 12.2 Å². The highest BCUT2D eigenvalue weighted by Crippen LogP contribution is 2.17. The van der Waals surface area contributed by atoms with Crippen LogP contribution in [0.4, 0.5) is 0 Å². The standard InChI is InChI=1S/C11H18N2OS/c1-9-2-3-11(14-9)6-12-5-4-10-7-15-8-13-10/h7-9,11-12H,2-6H2,1H3. The molecule has 3 nitrogen and oxygen atoms in total. The molecule has 2 unspecified atom stereocenters. The van der Waals surface area contributed by atoms with Crippen LogP contribution >= 0.6 is 11.3 Å². The number of aromatic nitrogens is 1. The molecule has 0 spiro atoms. The molecule has 84 valence electrons. The third-order valence-corrected chi connectivity index (χ3v) is 3.37. The van der Waals surface area contributed by atoms with E-state index in [9.17, 15) is 0 Å². The Morgan fingerprint density at radius 1 is 1.60 bits per heavy atom. The second-order valence-corrected chi connectivity index (χ2v) is 4.80. The zero-order valence-corrected chi connectivity index (χ0v) is 9.93. The highest BCUT2D eigenvalue weighted by atomic mass is 32.1. The fourth-order valence-electron chi connectivity index (χ4n) is 1.88. The topological polar surface area (TPSA) is 34.2 Å². The molecule has 1 N–H and O–H groups in total. The van der Waals surface area contributed by atoms with Gasteiger partial charge < -0.3 is 10.1 Å². The Morgan fingerprint density at radius 3 is 3.20 bits per heavy atom. The normalized spacial score (nSPS) is 25.9. The number of thiazole rings is 1. The molecule has 2 rings (SSSR count). The van der Waals surface area contributed by atoms with Crippen LogP contribution in [0, 0.1) is 0 Å². The minimum atomic E-state index is 0.426. The van der Waals surface area contributed by atoms with Crippen molar-refractivity contribution in [2.75, 3.05) is 13.1 Å². The van der Waals surface area contributed by atoms with Crippen LogP contribution in [0.5, 0.6) is 0 Å². The molecule has 0 aromatic carbocycles. The quantitative estimate of drug-likeness (QED) is 0.778. The maximum atomic E-state index is 5.72. The largest absolute Gasteiger partial charge is 0.374 e. The fraction of sp³-hybridized carbons (Fsp3) is 0.727. The SMILES string of the molecule is CC1CCC(CNCCc2cscn2)O1. The molecule has 1 aromatic rings. The third-order valence-electron chi connectivity index (χ3n) is 2.73. The Hall–Kier alpha value is -0.450. The number of nitrogens with zero attached hydrogens (tertiary/aromatic N) is 1. The van der Waals surface area contributed by atoms with Gasteiger partial charge in [-0.3, -0.25) is 0 Å². The summed E-state index contributed by atoms with van der Waals surface area (Å²) in [4.78, 5) is 4.24. The monoisotopic (exact) mass is 226 g/mol. The molecule has 0 aliphatic carbocycles. The van der Waals surface area contributed by atoms with Crippen molar-refractivity contribution in [1.82, 2.24) is 10.3 Å². The number of nitrogens with one attached hydrogen (secondary N) is 1. The first-order chi connectivity index (χ1) is 7.34. The molecule has 2 atom stereocenters. The average Bonchev–Trinajstić information content (AvgIpc) is 2.84.